The van der Waals surface area contributed by atoms with Crippen LogP contribution >= 0.6 is 11.6 Å². The Kier molecular flexibility index (Phi) is 3.88. The Bertz CT molecular complexity index is 438. The van der Waals surface area contributed by atoms with Crippen molar-refractivity contribution in [2.45, 2.75) is 33.3 Å². The molecule has 0 radical (unpaired) electrons. The van der Waals surface area contributed by atoms with Gasteiger partial charge in [0.1, 0.15) is 16.4 Å². The summed E-state index contributed by atoms with van der Waals surface area (Å²) in [5.74, 6) is -0.0415. The van der Waals surface area contributed by atoms with Crippen LogP contribution < -0.4 is 5.32 Å². The smallest absolute Gasteiger partial charge is 0.412 e. The first-order valence-corrected chi connectivity index (χ1v) is 5.56. The van der Waals surface area contributed by atoms with Crippen molar-refractivity contribution in [1.29, 1.82) is 0 Å². The van der Waals surface area contributed by atoms with Gasteiger partial charge in [0.15, 0.2) is 0 Å². The van der Waals surface area contributed by atoms with Crippen LogP contribution in [-0.2, 0) is 4.74 Å². The number of phenolic OH excluding ortho intramolecular Hbond substituents is 1. The molecule has 1 amide bonds. The Hall–Kier alpha value is -1.42. The van der Waals surface area contributed by atoms with Gasteiger partial charge in [-0.2, -0.15) is 0 Å². The van der Waals surface area contributed by atoms with Crippen molar-refractivity contribution in [3.8, 4) is 5.75 Å². The number of anilines is 1. The average molecular weight is 258 g/mol. The lowest BCUT2D eigenvalue weighted by atomic mass is 10.2. The largest absolute Gasteiger partial charge is 0.506 e. The second-order valence-corrected chi connectivity index (χ2v) is 5.10. The summed E-state index contributed by atoms with van der Waals surface area (Å²) in [6.45, 7) is 7.01. The third-order valence-corrected chi connectivity index (χ3v) is 2.34. The molecule has 0 aromatic heterocycles. The van der Waals surface area contributed by atoms with E-state index in [2.05, 4.69) is 5.32 Å². The molecule has 0 saturated heterocycles. The van der Waals surface area contributed by atoms with Crippen LogP contribution in [0.1, 0.15) is 26.3 Å². The van der Waals surface area contributed by atoms with Crippen molar-refractivity contribution in [3.05, 3.63) is 22.7 Å². The number of rotatable bonds is 1. The van der Waals surface area contributed by atoms with Crippen molar-refractivity contribution in [1.82, 2.24) is 0 Å². The van der Waals surface area contributed by atoms with Crippen molar-refractivity contribution in [2.75, 3.05) is 5.32 Å². The first-order chi connectivity index (χ1) is 7.70. The third-order valence-electron chi connectivity index (χ3n) is 1.95. The summed E-state index contributed by atoms with van der Waals surface area (Å²) in [6, 6.07) is 3.27. The lowest BCUT2D eigenvalue weighted by Crippen LogP contribution is -2.27. The number of aromatic hydroxyl groups is 1. The zero-order valence-electron chi connectivity index (χ0n) is 10.3. The Morgan fingerprint density at radius 3 is 2.53 bits per heavy atom. The molecule has 94 valence electrons. The van der Waals surface area contributed by atoms with Crippen LogP contribution in [0.5, 0.6) is 5.75 Å². The van der Waals surface area contributed by atoms with Crippen LogP contribution in [0.4, 0.5) is 10.5 Å². The highest BCUT2D eigenvalue weighted by Gasteiger charge is 2.18. The fraction of sp³-hybridized carbons (Fsp3) is 0.417. The summed E-state index contributed by atoms with van der Waals surface area (Å²) < 4.78 is 5.08. The highest BCUT2D eigenvalue weighted by atomic mass is 35.5. The SMILES string of the molecule is Cc1ccc(NC(=O)OC(C)(C)C)c(Cl)c1O. The molecule has 5 heteroatoms. The molecule has 17 heavy (non-hydrogen) atoms. The molecular weight excluding hydrogens is 242 g/mol. The van der Waals surface area contributed by atoms with E-state index in [0.29, 0.717) is 11.3 Å². The number of ether oxygens (including phenoxy) is 1. The van der Waals surface area contributed by atoms with Gasteiger partial charge in [0.2, 0.25) is 0 Å². The van der Waals surface area contributed by atoms with Crippen molar-refractivity contribution in [3.63, 3.8) is 0 Å². The van der Waals surface area contributed by atoms with Crippen molar-refractivity contribution < 1.29 is 14.6 Å². The standard InChI is InChI=1S/C12H16ClNO3/c1-7-5-6-8(9(13)10(7)15)14-11(16)17-12(2,3)4/h5-6,15H,1-4H3,(H,14,16). The Morgan fingerprint density at radius 1 is 1.41 bits per heavy atom. The maximum atomic E-state index is 11.5. The minimum atomic E-state index is -0.609. The van der Waals surface area contributed by atoms with Gasteiger partial charge >= 0.3 is 6.09 Å². The van der Waals surface area contributed by atoms with Crippen molar-refractivity contribution >= 4 is 23.4 Å². The van der Waals surface area contributed by atoms with Gasteiger partial charge in [-0.25, -0.2) is 4.79 Å². The monoisotopic (exact) mass is 257 g/mol. The average Bonchev–Trinajstić information content (AvgIpc) is 2.16. The lowest BCUT2D eigenvalue weighted by molar-refractivity contribution is 0.0636. The number of phenols is 1. The van der Waals surface area contributed by atoms with Gasteiger partial charge in [0.25, 0.3) is 0 Å². The molecular formula is C12H16ClNO3. The second-order valence-electron chi connectivity index (χ2n) is 4.72. The van der Waals surface area contributed by atoms with E-state index in [4.69, 9.17) is 16.3 Å². The fourth-order valence-corrected chi connectivity index (χ4v) is 1.43. The molecule has 0 heterocycles. The third kappa shape index (κ3) is 3.82. The predicted octanol–water partition coefficient (Wildman–Crippen LogP) is 3.70. The summed E-state index contributed by atoms with van der Waals surface area (Å²) in [6.07, 6.45) is -0.609. The maximum Gasteiger partial charge on any atom is 0.412 e. The van der Waals surface area contributed by atoms with Crippen molar-refractivity contribution in [2.24, 2.45) is 0 Å². The van der Waals surface area contributed by atoms with E-state index >= 15 is 0 Å². The normalized spacial score (nSPS) is 11.1. The Morgan fingerprint density at radius 2 is 2.00 bits per heavy atom. The number of carbonyl (C=O) groups is 1. The lowest BCUT2D eigenvalue weighted by Gasteiger charge is -2.20. The fourth-order valence-electron chi connectivity index (χ4n) is 1.17. The van der Waals surface area contributed by atoms with Gasteiger partial charge < -0.3 is 9.84 Å². The molecule has 0 unspecified atom stereocenters. The van der Waals surface area contributed by atoms with E-state index in [1.807, 2.05) is 0 Å². The van der Waals surface area contributed by atoms with Gasteiger partial charge in [-0.05, 0) is 39.3 Å². The van der Waals surface area contributed by atoms with Gasteiger partial charge in [0, 0.05) is 0 Å². The highest BCUT2D eigenvalue weighted by molar-refractivity contribution is 6.35. The van der Waals surface area contributed by atoms with Crippen LogP contribution in [0.25, 0.3) is 0 Å². The van der Waals surface area contributed by atoms with E-state index in [9.17, 15) is 9.90 Å². The summed E-state index contributed by atoms with van der Waals surface area (Å²) in [4.78, 5) is 11.5. The number of benzene rings is 1. The minimum absolute atomic E-state index is 0.0415. The number of hydrogen-bond donors (Lipinski definition) is 2. The number of amides is 1. The van der Waals surface area contributed by atoms with Crippen LogP contribution in [0.15, 0.2) is 12.1 Å². The summed E-state index contributed by atoms with van der Waals surface area (Å²) >= 11 is 5.89. The van der Waals surface area contributed by atoms with Crippen LogP contribution in [0.2, 0.25) is 5.02 Å². The van der Waals surface area contributed by atoms with E-state index in [-0.39, 0.29) is 10.8 Å². The molecule has 0 bridgehead atoms. The Balaban J connectivity index is 2.83. The molecule has 2 N–H and O–H groups in total. The summed E-state index contributed by atoms with van der Waals surface area (Å²) in [5.41, 5.74) is 0.386. The van der Waals surface area contributed by atoms with Gasteiger partial charge in [-0.15, -0.1) is 0 Å². The number of halogens is 1. The van der Waals surface area contributed by atoms with E-state index in [0.717, 1.165) is 0 Å². The van der Waals surface area contributed by atoms with E-state index < -0.39 is 11.7 Å². The molecule has 0 saturated carbocycles. The first-order valence-electron chi connectivity index (χ1n) is 5.19. The van der Waals surface area contributed by atoms with Crippen LogP contribution in [0.3, 0.4) is 0 Å². The van der Waals surface area contributed by atoms with Crippen LogP contribution in [0, 0.1) is 6.92 Å². The number of carbonyl (C=O) groups excluding carboxylic acids is 1. The highest BCUT2D eigenvalue weighted by Crippen LogP contribution is 2.34. The molecule has 4 nitrogen and oxygen atoms in total. The molecule has 0 atom stereocenters. The first kappa shape index (κ1) is 13.6. The summed E-state index contributed by atoms with van der Waals surface area (Å²) in [5, 5.41) is 12.2. The molecule has 0 aliphatic carbocycles. The van der Waals surface area contributed by atoms with Crippen LogP contribution in [-0.4, -0.2) is 16.8 Å². The molecule has 1 rings (SSSR count). The zero-order valence-corrected chi connectivity index (χ0v) is 11.1. The second kappa shape index (κ2) is 4.84. The minimum Gasteiger partial charge on any atom is -0.506 e. The number of aryl methyl sites for hydroxylation is 1. The number of hydrogen-bond acceptors (Lipinski definition) is 3. The van der Waals surface area contributed by atoms with Gasteiger partial charge in [-0.3, -0.25) is 5.32 Å². The van der Waals surface area contributed by atoms with Gasteiger partial charge in [-0.1, -0.05) is 17.7 Å². The molecule has 0 spiro atoms. The number of nitrogens with one attached hydrogen (secondary N) is 1. The molecule has 0 fully saturated rings. The zero-order chi connectivity index (χ0) is 13.2. The van der Waals surface area contributed by atoms with Gasteiger partial charge in [0.05, 0.1) is 5.69 Å². The maximum absolute atomic E-state index is 11.5. The van der Waals surface area contributed by atoms with E-state index in [1.54, 1.807) is 39.8 Å². The van der Waals surface area contributed by atoms with E-state index in [1.165, 1.54) is 0 Å². The summed E-state index contributed by atoms with van der Waals surface area (Å²) in [7, 11) is 0. The predicted molar refractivity (Wildman–Crippen MR) is 67.7 cm³/mol. The quantitative estimate of drug-likeness (QED) is 0.806. The molecule has 1 aromatic rings. The molecule has 1 aromatic carbocycles. The molecule has 0 aliphatic rings. The molecule has 0 aliphatic heterocycles. The topological polar surface area (TPSA) is 58.6 Å². The Labute approximate surface area is 106 Å².